The van der Waals surface area contributed by atoms with Gasteiger partial charge in [0, 0.05) is 19.9 Å². The van der Waals surface area contributed by atoms with Crippen LogP contribution < -0.4 is 0 Å². The number of rotatable bonds is 6. The van der Waals surface area contributed by atoms with Crippen molar-refractivity contribution >= 4 is 27.8 Å². The van der Waals surface area contributed by atoms with Crippen LogP contribution in [0.1, 0.15) is 10.4 Å². The first-order valence-electron chi connectivity index (χ1n) is 5.16. The molecule has 98 valence electrons. The highest BCUT2D eigenvalue weighted by molar-refractivity contribution is 9.10. The molecule has 0 aromatic carbocycles. The number of amides is 1. The van der Waals surface area contributed by atoms with E-state index < -0.39 is 11.9 Å². The Kier molecular flexibility index (Phi) is 5.73. The maximum atomic E-state index is 12.1. The Morgan fingerprint density at radius 3 is 2.83 bits per heavy atom. The van der Waals surface area contributed by atoms with Gasteiger partial charge in [0.1, 0.15) is 11.1 Å². The van der Waals surface area contributed by atoms with Gasteiger partial charge in [-0.15, -0.1) is 0 Å². The van der Waals surface area contributed by atoms with Crippen LogP contribution in [-0.4, -0.2) is 53.7 Å². The van der Waals surface area contributed by atoms with Gasteiger partial charge in [-0.05, 0) is 28.1 Å². The predicted octanol–water partition coefficient (Wildman–Crippen LogP) is 1.02. The molecule has 1 aromatic heterocycles. The molecule has 0 aliphatic carbocycles. The summed E-state index contributed by atoms with van der Waals surface area (Å²) < 4.78 is 5.25. The van der Waals surface area contributed by atoms with Gasteiger partial charge in [-0.2, -0.15) is 0 Å². The topological polar surface area (TPSA) is 79.7 Å². The average Bonchev–Trinajstić information content (AvgIpc) is 2.34. The van der Waals surface area contributed by atoms with Gasteiger partial charge in [-0.3, -0.25) is 9.59 Å². The third kappa shape index (κ3) is 4.08. The summed E-state index contributed by atoms with van der Waals surface area (Å²) in [5, 5.41) is 8.79. The number of carbonyl (C=O) groups is 2. The Bertz CT molecular complexity index is 439. The van der Waals surface area contributed by atoms with E-state index in [1.807, 2.05) is 0 Å². The van der Waals surface area contributed by atoms with Crippen LogP contribution in [0.15, 0.2) is 22.9 Å². The molecule has 0 saturated carbocycles. The molecule has 1 rings (SSSR count). The van der Waals surface area contributed by atoms with E-state index in [1.165, 1.54) is 18.2 Å². The lowest BCUT2D eigenvalue weighted by atomic mass is 10.2. The molecule has 1 amide bonds. The fourth-order valence-corrected chi connectivity index (χ4v) is 1.75. The van der Waals surface area contributed by atoms with Crippen molar-refractivity contribution in [3.8, 4) is 0 Å². The van der Waals surface area contributed by atoms with E-state index in [1.54, 1.807) is 12.1 Å². The summed E-state index contributed by atoms with van der Waals surface area (Å²) in [5.74, 6) is -1.46. The predicted molar refractivity (Wildman–Crippen MR) is 67.4 cm³/mol. The maximum Gasteiger partial charge on any atom is 0.323 e. The third-order valence-electron chi connectivity index (χ3n) is 2.17. The van der Waals surface area contributed by atoms with Crippen LogP contribution in [0.3, 0.4) is 0 Å². The second kappa shape index (κ2) is 7.07. The van der Waals surface area contributed by atoms with E-state index in [4.69, 9.17) is 9.84 Å². The minimum Gasteiger partial charge on any atom is -0.480 e. The zero-order chi connectivity index (χ0) is 13.5. The monoisotopic (exact) mass is 316 g/mol. The molecule has 0 radical (unpaired) electrons. The fraction of sp³-hybridized carbons (Fsp3) is 0.364. The number of halogens is 1. The number of nitrogens with zero attached hydrogens (tertiary/aromatic N) is 2. The molecule has 0 saturated heterocycles. The van der Waals surface area contributed by atoms with E-state index >= 15 is 0 Å². The molecule has 1 N–H and O–H groups in total. The molecular formula is C11H13BrN2O4. The van der Waals surface area contributed by atoms with E-state index in [-0.39, 0.29) is 19.7 Å². The van der Waals surface area contributed by atoms with Gasteiger partial charge in [0.25, 0.3) is 5.91 Å². The summed E-state index contributed by atoms with van der Waals surface area (Å²) in [4.78, 5) is 28.0. The summed E-state index contributed by atoms with van der Waals surface area (Å²) in [6.45, 7) is 0.114. The van der Waals surface area contributed by atoms with Crippen molar-refractivity contribution in [1.82, 2.24) is 9.88 Å². The molecule has 0 atom stereocenters. The highest BCUT2D eigenvalue weighted by Crippen LogP contribution is 2.14. The average molecular weight is 317 g/mol. The number of hydrogen-bond donors (Lipinski definition) is 1. The normalized spacial score (nSPS) is 10.1. The summed E-state index contributed by atoms with van der Waals surface area (Å²) in [6, 6.07) is 3.20. The molecule has 0 spiro atoms. The van der Waals surface area contributed by atoms with Crippen molar-refractivity contribution in [2.45, 2.75) is 0 Å². The van der Waals surface area contributed by atoms with Crippen LogP contribution in [0.25, 0.3) is 0 Å². The second-order valence-electron chi connectivity index (χ2n) is 3.46. The van der Waals surface area contributed by atoms with Crippen molar-refractivity contribution in [2.24, 2.45) is 0 Å². The Balaban J connectivity index is 2.87. The van der Waals surface area contributed by atoms with Crippen molar-refractivity contribution in [3.05, 3.63) is 28.5 Å². The van der Waals surface area contributed by atoms with Gasteiger partial charge in [-0.25, -0.2) is 4.98 Å². The number of hydrogen-bond acceptors (Lipinski definition) is 4. The van der Waals surface area contributed by atoms with E-state index in [2.05, 4.69) is 20.9 Å². The smallest absolute Gasteiger partial charge is 0.323 e. The van der Waals surface area contributed by atoms with E-state index in [0.29, 0.717) is 10.2 Å². The lowest BCUT2D eigenvalue weighted by Gasteiger charge is -2.20. The lowest BCUT2D eigenvalue weighted by Crippen LogP contribution is -2.38. The van der Waals surface area contributed by atoms with Gasteiger partial charge in [0.05, 0.1) is 12.2 Å². The molecule has 1 heterocycles. The van der Waals surface area contributed by atoms with Crippen LogP contribution in [0.5, 0.6) is 0 Å². The van der Waals surface area contributed by atoms with Crippen LogP contribution in [0, 0.1) is 0 Å². The summed E-state index contributed by atoms with van der Waals surface area (Å²) >= 11 is 3.16. The lowest BCUT2D eigenvalue weighted by molar-refractivity contribution is -0.137. The first-order valence-corrected chi connectivity index (χ1v) is 5.96. The highest BCUT2D eigenvalue weighted by Gasteiger charge is 2.20. The largest absolute Gasteiger partial charge is 0.480 e. The van der Waals surface area contributed by atoms with Crippen LogP contribution in [0.2, 0.25) is 0 Å². The van der Waals surface area contributed by atoms with E-state index in [0.717, 1.165) is 0 Å². The number of pyridine rings is 1. The molecule has 0 aliphatic rings. The second-order valence-corrected chi connectivity index (χ2v) is 4.21. The summed E-state index contributed by atoms with van der Waals surface area (Å²) in [7, 11) is 1.49. The Morgan fingerprint density at radius 1 is 1.56 bits per heavy atom. The van der Waals surface area contributed by atoms with Crippen LogP contribution >= 0.6 is 15.9 Å². The third-order valence-corrected chi connectivity index (χ3v) is 2.80. The maximum absolute atomic E-state index is 12.1. The molecule has 1 aromatic rings. The highest BCUT2D eigenvalue weighted by atomic mass is 79.9. The molecule has 0 bridgehead atoms. The van der Waals surface area contributed by atoms with Gasteiger partial charge in [0.2, 0.25) is 0 Å². The molecule has 18 heavy (non-hydrogen) atoms. The van der Waals surface area contributed by atoms with Gasteiger partial charge >= 0.3 is 5.97 Å². The number of carbonyl (C=O) groups excluding carboxylic acids is 1. The van der Waals surface area contributed by atoms with Gasteiger partial charge < -0.3 is 14.7 Å². The minimum absolute atomic E-state index is 0.211. The van der Waals surface area contributed by atoms with Crippen molar-refractivity contribution < 1.29 is 19.4 Å². The molecular weight excluding hydrogens is 304 g/mol. The quantitative estimate of drug-likeness (QED) is 0.792. The Labute approximate surface area is 113 Å². The zero-order valence-electron chi connectivity index (χ0n) is 9.80. The SMILES string of the molecule is COCCN(CC(=O)O)C(=O)c1cccnc1Br. The number of ether oxygens (including phenoxy) is 1. The minimum atomic E-state index is -1.07. The Hall–Kier alpha value is -1.47. The molecule has 0 fully saturated rings. The zero-order valence-corrected chi connectivity index (χ0v) is 11.4. The molecule has 0 aliphatic heterocycles. The van der Waals surface area contributed by atoms with Crippen molar-refractivity contribution in [1.29, 1.82) is 0 Å². The first kappa shape index (κ1) is 14.6. The Morgan fingerprint density at radius 2 is 2.28 bits per heavy atom. The fourth-order valence-electron chi connectivity index (χ4n) is 1.33. The summed E-state index contributed by atoms with van der Waals surface area (Å²) in [5.41, 5.74) is 0.329. The van der Waals surface area contributed by atoms with Crippen LogP contribution in [0.4, 0.5) is 0 Å². The number of carboxylic acids is 1. The number of methoxy groups -OCH3 is 1. The van der Waals surface area contributed by atoms with Crippen molar-refractivity contribution in [3.63, 3.8) is 0 Å². The van der Waals surface area contributed by atoms with E-state index in [9.17, 15) is 9.59 Å². The molecule has 0 unspecified atom stereocenters. The van der Waals surface area contributed by atoms with Gasteiger partial charge in [-0.1, -0.05) is 0 Å². The standard InChI is InChI=1S/C11H13BrN2O4/c1-18-6-5-14(7-9(15)16)11(17)8-3-2-4-13-10(8)12/h2-4H,5-7H2,1H3,(H,15,16). The number of aliphatic carboxylic acids is 1. The molecule has 6 nitrogen and oxygen atoms in total. The van der Waals surface area contributed by atoms with Gasteiger partial charge in [0.15, 0.2) is 0 Å². The van der Waals surface area contributed by atoms with Crippen molar-refractivity contribution in [2.75, 3.05) is 26.8 Å². The molecule has 7 heteroatoms. The first-order chi connectivity index (χ1) is 8.56. The number of carboxylic acid groups (broad SMARTS) is 1. The van der Waals surface area contributed by atoms with Crippen LogP contribution in [-0.2, 0) is 9.53 Å². The summed E-state index contributed by atoms with van der Waals surface area (Å²) in [6.07, 6.45) is 1.54. The number of aromatic nitrogens is 1.